The van der Waals surface area contributed by atoms with Gasteiger partial charge < -0.3 is 9.84 Å². The zero-order valence-electron chi connectivity index (χ0n) is 11.6. The van der Waals surface area contributed by atoms with Gasteiger partial charge in [0.2, 0.25) is 0 Å². The second-order valence-corrected chi connectivity index (χ2v) is 5.72. The Kier molecular flexibility index (Phi) is 4.91. The number of rotatable bonds is 5. The first-order valence-electron chi connectivity index (χ1n) is 6.19. The first-order valence-corrected chi connectivity index (χ1v) is 6.19. The summed E-state index contributed by atoms with van der Waals surface area (Å²) in [6.45, 7) is 8.94. The SMILES string of the molecule is CC(c1cccc(COCC(=O)O)c1)C(C)(C)C. The summed E-state index contributed by atoms with van der Waals surface area (Å²) in [6.07, 6.45) is 0. The van der Waals surface area contributed by atoms with Crippen LogP contribution in [-0.2, 0) is 16.1 Å². The summed E-state index contributed by atoms with van der Waals surface area (Å²) in [4.78, 5) is 10.4. The van der Waals surface area contributed by atoms with Crippen LogP contribution < -0.4 is 0 Å². The van der Waals surface area contributed by atoms with Gasteiger partial charge in [0.05, 0.1) is 6.61 Å². The minimum atomic E-state index is -0.936. The summed E-state index contributed by atoms with van der Waals surface area (Å²) in [6, 6.07) is 8.16. The molecule has 1 unspecified atom stereocenters. The largest absolute Gasteiger partial charge is 0.480 e. The fourth-order valence-corrected chi connectivity index (χ4v) is 1.71. The molecule has 0 bridgehead atoms. The number of hydrogen-bond acceptors (Lipinski definition) is 2. The lowest BCUT2D eigenvalue weighted by Gasteiger charge is -2.28. The Hall–Kier alpha value is -1.35. The van der Waals surface area contributed by atoms with Gasteiger partial charge >= 0.3 is 5.97 Å². The van der Waals surface area contributed by atoms with Crippen molar-refractivity contribution in [2.75, 3.05) is 6.61 Å². The van der Waals surface area contributed by atoms with Crippen molar-refractivity contribution in [3.8, 4) is 0 Å². The van der Waals surface area contributed by atoms with Crippen molar-refractivity contribution in [3.05, 3.63) is 35.4 Å². The Balaban J connectivity index is 2.70. The van der Waals surface area contributed by atoms with Crippen LogP contribution in [0.15, 0.2) is 24.3 Å². The van der Waals surface area contributed by atoms with Gasteiger partial charge in [-0.3, -0.25) is 0 Å². The van der Waals surface area contributed by atoms with Crippen molar-refractivity contribution in [3.63, 3.8) is 0 Å². The molecule has 1 atom stereocenters. The molecule has 1 aromatic rings. The Morgan fingerprint density at radius 2 is 2.06 bits per heavy atom. The number of carboxylic acids is 1. The second-order valence-electron chi connectivity index (χ2n) is 5.72. The fraction of sp³-hybridized carbons (Fsp3) is 0.533. The average molecular weight is 250 g/mol. The molecule has 0 aliphatic rings. The molecule has 1 N–H and O–H groups in total. The second kappa shape index (κ2) is 6.01. The Morgan fingerprint density at radius 1 is 1.39 bits per heavy atom. The quantitative estimate of drug-likeness (QED) is 0.870. The number of carboxylic acid groups (broad SMARTS) is 1. The first kappa shape index (κ1) is 14.7. The molecule has 18 heavy (non-hydrogen) atoms. The molecule has 3 heteroatoms. The summed E-state index contributed by atoms with van der Waals surface area (Å²) < 4.78 is 5.10. The lowest BCUT2D eigenvalue weighted by molar-refractivity contribution is -0.142. The van der Waals surface area contributed by atoms with Gasteiger partial charge in [-0.1, -0.05) is 52.0 Å². The van der Waals surface area contributed by atoms with Gasteiger partial charge in [0, 0.05) is 0 Å². The van der Waals surface area contributed by atoms with Crippen molar-refractivity contribution in [1.29, 1.82) is 0 Å². The van der Waals surface area contributed by atoms with Gasteiger partial charge in [-0.25, -0.2) is 4.79 Å². The number of ether oxygens (including phenoxy) is 1. The monoisotopic (exact) mass is 250 g/mol. The Labute approximate surface area is 109 Å². The van der Waals surface area contributed by atoms with Gasteiger partial charge in [-0.2, -0.15) is 0 Å². The van der Waals surface area contributed by atoms with Crippen LogP contribution >= 0.6 is 0 Å². The average Bonchev–Trinajstić information content (AvgIpc) is 2.26. The van der Waals surface area contributed by atoms with Crippen molar-refractivity contribution in [1.82, 2.24) is 0 Å². The molecule has 0 spiro atoms. The van der Waals surface area contributed by atoms with Crippen molar-refractivity contribution in [2.24, 2.45) is 5.41 Å². The molecule has 0 saturated heterocycles. The van der Waals surface area contributed by atoms with Gasteiger partial charge in [0.25, 0.3) is 0 Å². The van der Waals surface area contributed by atoms with Gasteiger partial charge in [0.15, 0.2) is 0 Å². The third-order valence-corrected chi connectivity index (χ3v) is 3.24. The zero-order chi connectivity index (χ0) is 13.8. The van der Waals surface area contributed by atoms with Crippen LogP contribution in [0.2, 0.25) is 0 Å². The summed E-state index contributed by atoms with van der Waals surface area (Å²) in [5.41, 5.74) is 2.49. The minimum absolute atomic E-state index is 0.209. The number of benzene rings is 1. The molecule has 0 aliphatic carbocycles. The molecule has 0 heterocycles. The van der Waals surface area contributed by atoms with E-state index in [-0.39, 0.29) is 12.0 Å². The van der Waals surface area contributed by atoms with Gasteiger partial charge in [0.1, 0.15) is 6.61 Å². The van der Waals surface area contributed by atoms with E-state index in [0.717, 1.165) is 5.56 Å². The summed E-state index contributed by atoms with van der Waals surface area (Å²) in [5, 5.41) is 8.52. The van der Waals surface area contributed by atoms with Crippen LogP contribution in [0.1, 0.15) is 44.7 Å². The molecular weight excluding hydrogens is 228 g/mol. The molecule has 0 radical (unpaired) electrons. The van der Waals surface area contributed by atoms with Crippen molar-refractivity contribution < 1.29 is 14.6 Å². The molecule has 1 rings (SSSR count). The van der Waals surface area contributed by atoms with E-state index >= 15 is 0 Å². The highest BCUT2D eigenvalue weighted by Gasteiger charge is 2.21. The smallest absolute Gasteiger partial charge is 0.329 e. The topological polar surface area (TPSA) is 46.5 Å². The standard InChI is InChI=1S/C15H22O3/c1-11(15(2,3)4)13-7-5-6-12(8-13)9-18-10-14(16)17/h5-8,11H,9-10H2,1-4H3,(H,16,17). The molecule has 0 aliphatic heterocycles. The molecule has 0 fully saturated rings. The Morgan fingerprint density at radius 3 is 2.61 bits per heavy atom. The van der Waals surface area contributed by atoms with Crippen LogP contribution in [0.25, 0.3) is 0 Å². The molecule has 1 aromatic carbocycles. The van der Waals surface area contributed by atoms with Gasteiger partial charge in [-0.05, 0) is 22.5 Å². The highest BCUT2D eigenvalue weighted by atomic mass is 16.5. The van der Waals surface area contributed by atoms with Crippen LogP contribution in [-0.4, -0.2) is 17.7 Å². The van der Waals surface area contributed by atoms with Crippen molar-refractivity contribution in [2.45, 2.75) is 40.2 Å². The van der Waals surface area contributed by atoms with Crippen molar-refractivity contribution >= 4 is 5.97 Å². The van der Waals surface area contributed by atoms with E-state index in [1.807, 2.05) is 12.1 Å². The predicted octanol–water partition coefficient (Wildman–Crippen LogP) is 3.44. The molecule has 0 saturated carbocycles. The third kappa shape index (κ3) is 4.49. The van der Waals surface area contributed by atoms with E-state index in [1.165, 1.54) is 5.56 Å². The summed E-state index contributed by atoms with van der Waals surface area (Å²) >= 11 is 0. The molecule has 3 nitrogen and oxygen atoms in total. The lowest BCUT2D eigenvalue weighted by atomic mass is 9.77. The van der Waals surface area contributed by atoms with Crippen LogP contribution in [0.3, 0.4) is 0 Å². The highest BCUT2D eigenvalue weighted by molar-refractivity contribution is 5.67. The summed E-state index contributed by atoms with van der Waals surface area (Å²) in [5.74, 6) is -0.494. The number of carbonyl (C=O) groups is 1. The maximum atomic E-state index is 10.4. The van der Waals surface area contributed by atoms with E-state index in [2.05, 4.69) is 39.8 Å². The maximum absolute atomic E-state index is 10.4. The van der Waals surface area contributed by atoms with E-state index in [0.29, 0.717) is 12.5 Å². The molecule has 100 valence electrons. The summed E-state index contributed by atoms with van der Waals surface area (Å²) in [7, 11) is 0. The Bertz CT molecular complexity index is 404. The minimum Gasteiger partial charge on any atom is -0.480 e. The van der Waals surface area contributed by atoms with Crippen LogP contribution in [0, 0.1) is 5.41 Å². The zero-order valence-corrected chi connectivity index (χ0v) is 11.6. The van der Waals surface area contributed by atoms with E-state index in [9.17, 15) is 4.79 Å². The predicted molar refractivity (Wildman–Crippen MR) is 71.6 cm³/mol. The fourth-order valence-electron chi connectivity index (χ4n) is 1.71. The van der Waals surface area contributed by atoms with E-state index in [1.54, 1.807) is 0 Å². The lowest BCUT2D eigenvalue weighted by Crippen LogP contribution is -2.15. The van der Waals surface area contributed by atoms with E-state index in [4.69, 9.17) is 9.84 Å². The normalized spacial score (nSPS) is 13.3. The third-order valence-electron chi connectivity index (χ3n) is 3.24. The molecule has 0 amide bonds. The maximum Gasteiger partial charge on any atom is 0.329 e. The molecule has 0 aromatic heterocycles. The van der Waals surface area contributed by atoms with Gasteiger partial charge in [-0.15, -0.1) is 0 Å². The highest BCUT2D eigenvalue weighted by Crippen LogP contribution is 2.34. The van der Waals surface area contributed by atoms with Crippen LogP contribution in [0.4, 0.5) is 0 Å². The number of hydrogen-bond donors (Lipinski definition) is 1. The van der Waals surface area contributed by atoms with E-state index < -0.39 is 5.97 Å². The number of aliphatic carboxylic acids is 1. The first-order chi connectivity index (χ1) is 8.30. The van der Waals surface area contributed by atoms with Crippen LogP contribution in [0.5, 0.6) is 0 Å². The molecular formula is C15H22O3.